The molecule has 1 aliphatic heterocycles. The van der Waals surface area contributed by atoms with Crippen LogP contribution >= 0.6 is 11.8 Å². The number of carbonyl (C=O) groups is 1. The van der Waals surface area contributed by atoms with Crippen LogP contribution in [0.4, 0.5) is 0 Å². The van der Waals surface area contributed by atoms with E-state index < -0.39 is 22.0 Å². The zero-order chi connectivity index (χ0) is 14.6. The summed E-state index contributed by atoms with van der Waals surface area (Å²) in [5, 5.41) is 8.86. The third-order valence-electron chi connectivity index (χ3n) is 2.85. The van der Waals surface area contributed by atoms with E-state index in [1.807, 2.05) is 13.8 Å². The molecule has 0 amide bonds. The molecule has 1 heterocycles. The predicted molar refractivity (Wildman–Crippen MR) is 74.6 cm³/mol. The highest BCUT2D eigenvalue weighted by atomic mass is 32.2. The summed E-state index contributed by atoms with van der Waals surface area (Å²) in [5.41, 5.74) is 0. The number of ether oxygens (including phenoxy) is 1. The van der Waals surface area contributed by atoms with Crippen LogP contribution in [0, 0.1) is 5.92 Å². The number of sulfonamides is 1. The number of hydrogen-bond acceptors (Lipinski definition) is 5. The fourth-order valence-electron chi connectivity index (χ4n) is 1.95. The lowest BCUT2D eigenvalue weighted by Gasteiger charge is -2.28. The Morgan fingerprint density at radius 1 is 1.53 bits per heavy atom. The van der Waals surface area contributed by atoms with Gasteiger partial charge in [-0.1, -0.05) is 13.8 Å². The molecule has 0 aliphatic carbocycles. The lowest BCUT2D eigenvalue weighted by molar-refractivity contribution is -0.140. The van der Waals surface area contributed by atoms with Gasteiger partial charge in [0, 0.05) is 12.4 Å². The maximum absolute atomic E-state index is 12.3. The third-order valence-corrected chi connectivity index (χ3v) is 6.41. The molecule has 0 bridgehead atoms. The quantitative estimate of drug-likeness (QED) is 0.701. The van der Waals surface area contributed by atoms with E-state index in [9.17, 15) is 13.2 Å². The van der Waals surface area contributed by atoms with Crippen molar-refractivity contribution in [3.8, 4) is 0 Å². The molecular weight excluding hydrogens is 290 g/mol. The Balaban J connectivity index is 2.91. The summed E-state index contributed by atoms with van der Waals surface area (Å²) in [5.74, 6) is -0.896. The van der Waals surface area contributed by atoms with Gasteiger partial charge in [0.1, 0.15) is 6.04 Å². The molecule has 8 heteroatoms. The van der Waals surface area contributed by atoms with Crippen LogP contribution in [-0.4, -0.2) is 59.9 Å². The minimum atomic E-state index is -3.61. The van der Waals surface area contributed by atoms with E-state index in [-0.39, 0.29) is 23.7 Å². The van der Waals surface area contributed by atoms with Crippen molar-refractivity contribution in [2.75, 3.05) is 24.7 Å². The molecule has 0 aromatic carbocycles. The summed E-state index contributed by atoms with van der Waals surface area (Å²) in [4.78, 5) is 11.2. The van der Waals surface area contributed by atoms with E-state index >= 15 is 0 Å². The highest BCUT2D eigenvalue weighted by Crippen LogP contribution is 2.36. The van der Waals surface area contributed by atoms with Gasteiger partial charge >= 0.3 is 5.97 Å². The lowest BCUT2D eigenvalue weighted by Crippen LogP contribution is -2.48. The Kier molecular flexibility index (Phi) is 6.10. The van der Waals surface area contributed by atoms with Crippen LogP contribution in [0.5, 0.6) is 0 Å². The summed E-state index contributed by atoms with van der Waals surface area (Å²) in [6.07, 6.45) is 0. The van der Waals surface area contributed by atoms with E-state index in [0.717, 1.165) is 4.31 Å². The molecule has 1 N–H and O–H groups in total. The number of thioether (sulfide) groups is 1. The van der Waals surface area contributed by atoms with Crippen molar-refractivity contribution in [1.82, 2.24) is 4.31 Å². The number of carboxylic acids is 1. The largest absolute Gasteiger partial charge is 0.480 e. The molecule has 19 heavy (non-hydrogen) atoms. The van der Waals surface area contributed by atoms with Crippen LogP contribution in [0.25, 0.3) is 0 Å². The van der Waals surface area contributed by atoms with Crippen molar-refractivity contribution >= 4 is 27.8 Å². The first kappa shape index (κ1) is 16.7. The third kappa shape index (κ3) is 4.08. The summed E-state index contributed by atoms with van der Waals surface area (Å²) >= 11 is 1.39. The minimum absolute atomic E-state index is 0.0659. The smallest absolute Gasteiger partial charge is 0.322 e. The summed E-state index contributed by atoms with van der Waals surface area (Å²) in [6.45, 7) is 6.12. The van der Waals surface area contributed by atoms with Crippen molar-refractivity contribution in [2.24, 2.45) is 5.92 Å². The molecule has 0 spiro atoms. The molecule has 2 atom stereocenters. The molecule has 1 aliphatic rings. The molecule has 0 aromatic rings. The van der Waals surface area contributed by atoms with Crippen LogP contribution in [0.15, 0.2) is 0 Å². The molecule has 0 radical (unpaired) electrons. The molecule has 112 valence electrons. The molecule has 2 unspecified atom stereocenters. The fraction of sp³-hybridized carbons (Fsp3) is 0.909. The second-order valence-corrected chi connectivity index (χ2v) is 7.81. The maximum atomic E-state index is 12.3. The first-order valence-electron chi connectivity index (χ1n) is 6.24. The second kappa shape index (κ2) is 6.92. The van der Waals surface area contributed by atoms with E-state index in [1.54, 1.807) is 6.92 Å². The number of nitrogens with zero attached hydrogens (tertiary/aromatic N) is 1. The van der Waals surface area contributed by atoms with Crippen LogP contribution < -0.4 is 0 Å². The standard InChI is InChI=1S/C11H21NO5S2/c1-4-17-5-6-19(15,16)12-9(11(13)14)7-18-10(12)8(2)3/h8-10H,4-7H2,1-3H3,(H,13,14). The normalized spacial score (nSPS) is 25.1. The molecular formula is C11H21NO5S2. The Labute approximate surface area is 118 Å². The monoisotopic (exact) mass is 311 g/mol. The first-order chi connectivity index (χ1) is 8.81. The van der Waals surface area contributed by atoms with Crippen LogP contribution in [0.1, 0.15) is 20.8 Å². The maximum Gasteiger partial charge on any atom is 0.322 e. The van der Waals surface area contributed by atoms with Crippen molar-refractivity contribution < 1.29 is 23.1 Å². The van der Waals surface area contributed by atoms with Gasteiger partial charge in [0.15, 0.2) is 0 Å². The topological polar surface area (TPSA) is 83.9 Å². The van der Waals surface area contributed by atoms with Gasteiger partial charge in [-0.15, -0.1) is 11.8 Å². The Morgan fingerprint density at radius 2 is 2.16 bits per heavy atom. The first-order valence-corrected chi connectivity index (χ1v) is 8.90. The van der Waals surface area contributed by atoms with Gasteiger partial charge in [0.05, 0.1) is 17.7 Å². The van der Waals surface area contributed by atoms with Gasteiger partial charge in [0.25, 0.3) is 0 Å². The van der Waals surface area contributed by atoms with Crippen LogP contribution in [0.3, 0.4) is 0 Å². The van der Waals surface area contributed by atoms with E-state index in [2.05, 4.69) is 0 Å². The average molecular weight is 311 g/mol. The lowest BCUT2D eigenvalue weighted by atomic mass is 10.2. The van der Waals surface area contributed by atoms with Crippen molar-refractivity contribution in [3.63, 3.8) is 0 Å². The molecule has 1 saturated heterocycles. The number of carboxylic acid groups (broad SMARTS) is 1. The van der Waals surface area contributed by atoms with Crippen molar-refractivity contribution in [1.29, 1.82) is 0 Å². The van der Waals surface area contributed by atoms with Gasteiger partial charge in [-0.25, -0.2) is 8.42 Å². The molecule has 0 saturated carbocycles. The molecule has 0 aromatic heterocycles. The van der Waals surface area contributed by atoms with Crippen molar-refractivity contribution in [2.45, 2.75) is 32.2 Å². The summed E-state index contributed by atoms with van der Waals surface area (Å²) < 4.78 is 30.8. The SMILES string of the molecule is CCOCCS(=O)(=O)N1C(C(=O)O)CSC1C(C)C. The number of aliphatic carboxylic acids is 1. The predicted octanol–water partition coefficient (Wildman–Crippen LogP) is 0.837. The number of hydrogen-bond donors (Lipinski definition) is 1. The summed E-state index contributed by atoms with van der Waals surface area (Å²) in [6, 6.07) is -0.968. The number of rotatable bonds is 7. The minimum Gasteiger partial charge on any atom is -0.480 e. The molecule has 1 rings (SSSR count). The van der Waals surface area contributed by atoms with Gasteiger partial charge in [-0.05, 0) is 12.8 Å². The van der Waals surface area contributed by atoms with E-state index in [4.69, 9.17) is 9.84 Å². The molecule has 1 fully saturated rings. The zero-order valence-corrected chi connectivity index (χ0v) is 13.0. The Morgan fingerprint density at radius 3 is 2.63 bits per heavy atom. The highest BCUT2D eigenvalue weighted by molar-refractivity contribution is 8.01. The Bertz CT molecular complexity index is 409. The fourth-order valence-corrected chi connectivity index (χ4v) is 5.63. The highest BCUT2D eigenvalue weighted by Gasteiger charge is 2.46. The summed E-state index contributed by atoms with van der Waals surface area (Å²) in [7, 11) is -3.61. The zero-order valence-electron chi connectivity index (χ0n) is 11.4. The van der Waals surface area contributed by atoms with Gasteiger partial charge < -0.3 is 9.84 Å². The van der Waals surface area contributed by atoms with E-state index in [0.29, 0.717) is 12.4 Å². The Hall–Kier alpha value is -0.310. The van der Waals surface area contributed by atoms with Crippen LogP contribution in [-0.2, 0) is 19.6 Å². The molecule has 6 nitrogen and oxygen atoms in total. The second-order valence-electron chi connectivity index (χ2n) is 4.66. The van der Waals surface area contributed by atoms with E-state index in [1.165, 1.54) is 11.8 Å². The van der Waals surface area contributed by atoms with Gasteiger partial charge in [0.2, 0.25) is 10.0 Å². The van der Waals surface area contributed by atoms with Crippen LogP contribution in [0.2, 0.25) is 0 Å². The average Bonchev–Trinajstić information content (AvgIpc) is 2.74. The van der Waals surface area contributed by atoms with Gasteiger partial charge in [-0.2, -0.15) is 4.31 Å². The van der Waals surface area contributed by atoms with Crippen molar-refractivity contribution in [3.05, 3.63) is 0 Å². The van der Waals surface area contributed by atoms with Gasteiger partial charge in [-0.3, -0.25) is 4.79 Å².